The molecule has 14 heavy (non-hydrogen) atoms. The third-order valence-electron chi connectivity index (χ3n) is 2.63. The average molecular weight is 214 g/mol. The minimum atomic E-state index is -0.183. The van der Waals surface area contributed by atoms with E-state index in [1.165, 1.54) is 0 Å². The lowest BCUT2D eigenvalue weighted by molar-refractivity contribution is 0.144. The molecule has 5 heteroatoms. The van der Waals surface area contributed by atoms with E-state index in [4.69, 9.17) is 11.6 Å². The lowest BCUT2D eigenvalue weighted by Gasteiger charge is -2.41. The second-order valence-electron chi connectivity index (χ2n) is 3.63. The van der Waals surface area contributed by atoms with Gasteiger partial charge in [-0.25, -0.2) is 9.97 Å². The quantitative estimate of drug-likeness (QED) is 0.747. The molecule has 0 unspecified atom stereocenters. The van der Waals surface area contributed by atoms with Crippen LogP contribution < -0.4 is 5.32 Å². The van der Waals surface area contributed by atoms with Crippen LogP contribution in [-0.4, -0.2) is 27.2 Å². The first-order chi connectivity index (χ1) is 6.74. The lowest BCUT2D eigenvalue weighted by Crippen LogP contribution is -2.48. The summed E-state index contributed by atoms with van der Waals surface area (Å²) in [6, 6.07) is 1.75. The van der Waals surface area contributed by atoms with Crippen molar-refractivity contribution in [1.82, 2.24) is 9.97 Å². The Labute approximate surface area is 87.3 Å². The predicted molar refractivity (Wildman–Crippen MR) is 54.3 cm³/mol. The monoisotopic (exact) mass is 213 g/mol. The summed E-state index contributed by atoms with van der Waals surface area (Å²) in [5.41, 5.74) is -0.183. The smallest absolute Gasteiger partial charge is 0.224 e. The molecule has 1 saturated carbocycles. The van der Waals surface area contributed by atoms with Gasteiger partial charge in [-0.2, -0.15) is 0 Å². The number of aromatic nitrogens is 2. The maximum atomic E-state index is 9.23. The Kier molecular flexibility index (Phi) is 2.56. The van der Waals surface area contributed by atoms with Gasteiger partial charge in [-0.1, -0.05) is 0 Å². The molecular formula is C9H12ClN3O. The van der Waals surface area contributed by atoms with Crippen molar-refractivity contribution in [2.45, 2.75) is 24.8 Å². The molecule has 0 amide bonds. The van der Waals surface area contributed by atoms with Gasteiger partial charge < -0.3 is 10.4 Å². The summed E-state index contributed by atoms with van der Waals surface area (Å²) < 4.78 is 0. The van der Waals surface area contributed by atoms with Crippen molar-refractivity contribution in [3.8, 4) is 0 Å². The second kappa shape index (κ2) is 3.71. The number of hydrogen-bond acceptors (Lipinski definition) is 4. The Balaban J connectivity index is 2.09. The van der Waals surface area contributed by atoms with Crippen LogP contribution in [0.5, 0.6) is 0 Å². The molecule has 1 aliphatic carbocycles. The Hall–Kier alpha value is -0.870. The van der Waals surface area contributed by atoms with E-state index in [-0.39, 0.29) is 17.4 Å². The zero-order chi connectivity index (χ0) is 10.0. The molecule has 0 bridgehead atoms. The number of nitrogens with one attached hydrogen (secondary N) is 1. The maximum absolute atomic E-state index is 9.23. The molecule has 1 aliphatic rings. The van der Waals surface area contributed by atoms with Gasteiger partial charge in [-0.15, -0.1) is 0 Å². The molecule has 0 aromatic carbocycles. The number of halogens is 1. The minimum Gasteiger partial charge on any atom is -0.394 e. The summed E-state index contributed by atoms with van der Waals surface area (Å²) in [5, 5.41) is 12.6. The van der Waals surface area contributed by atoms with Crippen LogP contribution in [0.15, 0.2) is 12.3 Å². The molecule has 2 rings (SSSR count). The van der Waals surface area contributed by atoms with Crippen molar-refractivity contribution in [2.24, 2.45) is 0 Å². The van der Waals surface area contributed by atoms with Crippen molar-refractivity contribution in [2.75, 3.05) is 11.9 Å². The summed E-state index contributed by atoms with van der Waals surface area (Å²) in [6.07, 6.45) is 4.70. The van der Waals surface area contributed by atoms with Gasteiger partial charge in [0.2, 0.25) is 5.28 Å². The highest BCUT2D eigenvalue weighted by molar-refractivity contribution is 6.28. The molecule has 1 fully saturated rings. The minimum absolute atomic E-state index is 0.134. The number of nitrogens with zero attached hydrogens (tertiary/aromatic N) is 2. The highest BCUT2D eigenvalue weighted by Gasteiger charge is 2.36. The molecule has 4 nitrogen and oxygen atoms in total. The van der Waals surface area contributed by atoms with Gasteiger partial charge in [0.15, 0.2) is 0 Å². The van der Waals surface area contributed by atoms with Crippen LogP contribution in [-0.2, 0) is 0 Å². The van der Waals surface area contributed by atoms with Gasteiger partial charge in [0, 0.05) is 6.20 Å². The van der Waals surface area contributed by atoms with Gasteiger partial charge in [-0.05, 0) is 36.9 Å². The lowest BCUT2D eigenvalue weighted by atomic mass is 9.77. The summed E-state index contributed by atoms with van der Waals surface area (Å²) in [6.45, 7) is 0.134. The van der Waals surface area contributed by atoms with Crippen molar-refractivity contribution in [3.05, 3.63) is 17.5 Å². The molecule has 1 heterocycles. The molecule has 0 aliphatic heterocycles. The number of aliphatic hydroxyl groups excluding tert-OH is 1. The average Bonchev–Trinajstić information content (AvgIpc) is 2.11. The van der Waals surface area contributed by atoms with Crippen molar-refractivity contribution < 1.29 is 5.11 Å². The van der Waals surface area contributed by atoms with Crippen molar-refractivity contribution >= 4 is 17.4 Å². The first-order valence-electron chi connectivity index (χ1n) is 4.62. The van der Waals surface area contributed by atoms with E-state index in [9.17, 15) is 5.11 Å². The van der Waals surface area contributed by atoms with Crippen LogP contribution in [0.3, 0.4) is 0 Å². The Morgan fingerprint density at radius 1 is 1.57 bits per heavy atom. The molecule has 0 atom stereocenters. The summed E-state index contributed by atoms with van der Waals surface area (Å²) >= 11 is 5.65. The van der Waals surface area contributed by atoms with E-state index < -0.39 is 0 Å². The molecule has 0 saturated heterocycles. The zero-order valence-corrected chi connectivity index (χ0v) is 8.46. The third-order valence-corrected chi connectivity index (χ3v) is 2.81. The fourth-order valence-corrected chi connectivity index (χ4v) is 1.75. The molecular weight excluding hydrogens is 202 g/mol. The van der Waals surface area contributed by atoms with Crippen LogP contribution in [0, 0.1) is 0 Å². The van der Waals surface area contributed by atoms with Gasteiger partial charge in [0.05, 0.1) is 12.1 Å². The predicted octanol–water partition coefficient (Wildman–Crippen LogP) is 1.46. The fraction of sp³-hybridized carbons (Fsp3) is 0.556. The number of aliphatic hydroxyl groups is 1. The maximum Gasteiger partial charge on any atom is 0.224 e. The Morgan fingerprint density at radius 2 is 2.36 bits per heavy atom. The largest absolute Gasteiger partial charge is 0.394 e. The normalized spacial score (nSPS) is 18.7. The zero-order valence-electron chi connectivity index (χ0n) is 7.70. The molecule has 1 aromatic heterocycles. The molecule has 0 radical (unpaired) electrons. The highest BCUT2D eigenvalue weighted by Crippen LogP contribution is 2.34. The summed E-state index contributed by atoms with van der Waals surface area (Å²) in [4.78, 5) is 7.81. The van der Waals surface area contributed by atoms with Gasteiger partial charge in [-0.3, -0.25) is 0 Å². The number of rotatable bonds is 3. The van der Waals surface area contributed by atoms with E-state index in [1.807, 2.05) is 0 Å². The van der Waals surface area contributed by atoms with E-state index in [2.05, 4.69) is 15.3 Å². The van der Waals surface area contributed by atoms with Gasteiger partial charge >= 0.3 is 0 Å². The highest BCUT2D eigenvalue weighted by atomic mass is 35.5. The van der Waals surface area contributed by atoms with E-state index >= 15 is 0 Å². The van der Waals surface area contributed by atoms with Gasteiger partial charge in [0.25, 0.3) is 0 Å². The fourth-order valence-electron chi connectivity index (χ4n) is 1.60. The summed E-state index contributed by atoms with van der Waals surface area (Å²) in [7, 11) is 0. The first kappa shape index (κ1) is 9.68. The van der Waals surface area contributed by atoms with E-state index in [1.54, 1.807) is 12.3 Å². The number of anilines is 1. The van der Waals surface area contributed by atoms with Crippen LogP contribution in [0.25, 0.3) is 0 Å². The number of hydrogen-bond donors (Lipinski definition) is 2. The standard InChI is InChI=1S/C9H12ClN3O/c10-8-11-5-2-7(12-8)13-9(6-14)3-1-4-9/h2,5,14H,1,3-4,6H2,(H,11,12,13). The third kappa shape index (κ3) is 1.81. The first-order valence-corrected chi connectivity index (χ1v) is 4.99. The van der Waals surface area contributed by atoms with E-state index in [0.717, 1.165) is 19.3 Å². The summed E-state index contributed by atoms with van der Waals surface area (Å²) in [5.74, 6) is 0.679. The van der Waals surface area contributed by atoms with Crippen molar-refractivity contribution in [1.29, 1.82) is 0 Å². The molecule has 1 aromatic rings. The topological polar surface area (TPSA) is 58.0 Å². The Morgan fingerprint density at radius 3 is 2.86 bits per heavy atom. The Bertz CT molecular complexity index is 322. The van der Waals surface area contributed by atoms with Crippen LogP contribution in [0.2, 0.25) is 5.28 Å². The van der Waals surface area contributed by atoms with Crippen LogP contribution in [0.4, 0.5) is 5.82 Å². The van der Waals surface area contributed by atoms with Crippen LogP contribution >= 0.6 is 11.6 Å². The van der Waals surface area contributed by atoms with Crippen molar-refractivity contribution in [3.63, 3.8) is 0 Å². The molecule has 2 N–H and O–H groups in total. The molecule has 0 spiro atoms. The molecule has 76 valence electrons. The van der Waals surface area contributed by atoms with Gasteiger partial charge in [0.1, 0.15) is 5.82 Å². The van der Waals surface area contributed by atoms with E-state index in [0.29, 0.717) is 5.82 Å². The SMILES string of the molecule is OCC1(Nc2ccnc(Cl)n2)CCC1. The second-order valence-corrected chi connectivity index (χ2v) is 3.97. The van der Waals surface area contributed by atoms with Crippen LogP contribution in [0.1, 0.15) is 19.3 Å².